The number of hydrogen-bond acceptors (Lipinski definition) is 2. The first-order valence-electron chi connectivity index (χ1n) is 5.54. The Morgan fingerprint density at radius 1 is 1.35 bits per heavy atom. The lowest BCUT2D eigenvalue weighted by atomic mass is 10.2. The summed E-state index contributed by atoms with van der Waals surface area (Å²) in [5.41, 5.74) is 0.940. The largest absolute Gasteiger partial charge is 0.356 e. The Bertz CT molecular complexity index is 383. The van der Waals surface area contributed by atoms with Crippen molar-refractivity contribution >= 4 is 29.1 Å². The van der Waals surface area contributed by atoms with Gasteiger partial charge in [-0.05, 0) is 30.7 Å². The maximum absolute atomic E-state index is 11.2. The molecule has 0 aromatic heterocycles. The van der Waals surface area contributed by atoms with Gasteiger partial charge in [0.2, 0.25) is 5.91 Å². The second kappa shape index (κ2) is 7.54. The summed E-state index contributed by atoms with van der Waals surface area (Å²) >= 11 is 11.9. The van der Waals surface area contributed by atoms with Crippen molar-refractivity contribution in [3.8, 4) is 0 Å². The number of amides is 1. The van der Waals surface area contributed by atoms with E-state index in [1.807, 2.05) is 13.0 Å². The Kier molecular flexibility index (Phi) is 6.34. The molecule has 1 aromatic rings. The van der Waals surface area contributed by atoms with Crippen molar-refractivity contribution in [1.29, 1.82) is 0 Å². The van der Waals surface area contributed by atoms with Crippen molar-refractivity contribution in [2.45, 2.75) is 19.9 Å². The molecule has 0 unspecified atom stereocenters. The molecular formula is C12H16Cl2N2O. The molecule has 0 bridgehead atoms. The predicted octanol–water partition coefficient (Wildman–Crippen LogP) is 2.61. The van der Waals surface area contributed by atoms with Gasteiger partial charge in [0.25, 0.3) is 0 Å². The van der Waals surface area contributed by atoms with E-state index in [1.54, 1.807) is 12.1 Å². The summed E-state index contributed by atoms with van der Waals surface area (Å²) < 4.78 is 0. The maximum Gasteiger partial charge on any atom is 0.221 e. The minimum absolute atomic E-state index is 0.0530. The molecule has 5 heteroatoms. The molecule has 0 aliphatic carbocycles. The van der Waals surface area contributed by atoms with Gasteiger partial charge < -0.3 is 10.6 Å². The zero-order chi connectivity index (χ0) is 12.7. The van der Waals surface area contributed by atoms with Crippen LogP contribution in [0.25, 0.3) is 0 Å². The highest BCUT2D eigenvalue weighted by Gasteiger charge is 2.02. The van der Waals surface area contributed by atoms with Crippen LogP contribution >= 0.6 is 23.2 Å². The molecule has 0 heterocycles. The third-order valence-electron chi connectivity index (χ3n) is 2.23. The molecule has 2 N–H and O–H groups in total. The van der Waals surface area contributed by atoms with Crippen molar-refractivity contribution in [3.63, 3.8) is 0 Å². The topological polar surface area (TPSA) is 41.1 Å². The first kappa shape index (κ1) is 14.3. The van der Waals surface area contributed by atoms with Crippen molar-refractivity contribution in [2.24, 2.45) is 0 Å². The minimum atomic E-state index is 0.0530. The minimum Gasteiger partial charge on any atom is -0.356 e. The molecule has 0 radical (unpaired) electrons. The van der Waals surface area contributed by atoms with Gasteiger partial charge in [-0.15, -0.1) is 0 Å². The highest BCUT2D eigenvalue weighted by molar-refractivity contribution is 6.33. The molecule has 3 nitrogen and oxygen atoms in total. The Hall–Kier alpha value is -0.770. The van der Waals surface area contributed by atoms with E-state index in [1.165, 1.54) is 0 Å². The zero-order valence-corrected chi connectivity index (χ0v) is 11.2. The lowest BCUT2D eigenvalue weighted by Gasteiger charge is -2.07. The van der Waals surface area contributed by atoms with E-state index in [0.29, 0.717) is 36.1 Å². The van der Waals surface area contributed by atoms with Crippen LogP contribution in [0.15, 0.2) is 18.2 Å². The molecule has 0 saturated heterocycles. The second-order valence-corrected chi connectivity index (χ2v) is 4.46. The normalized spacial score (nSPS) is 10.3. The standard InChI is InChI=1S/C12H16Cl2N2O/c1-2-16-12(17)5-6-15-8-9-7-10(13)3-4-11(9)14/h3-4,7,15H,2,5-6,8H2,1H3,(H,16,17). The number of halogens is 2. The molecule has 17 heavy (non-hydrogen) atoms. The van der Waals surface area contributed by atoms with Gasteiger partial charge in [-0.3, -0.25) is 4.79 Å². The van der Waals surface area contributed by atoms with E-state index in [9.17, 15) is 4.79 Å². The summed E-state index contributed by atoms with van der Waals surface area (Å²) in [4.78, 5) is 11.2. The number of nitrogens with one attached hydrogen (secondary N) is 2. The molecule has 94 valence electrons. The van der Waals surface area contributed by atoms with Gasteiger partial charge in [-0.25, -0.2) is 0 Å². The number of rotatable bonds is 6. The quantitative estimate of drug-likeness (QED) is 0.783. The van der Waals surface area contributed by atoms with Crippen LogP contribution in [0.4, 0.5) is 0 Å². The van der Waals surface area contributed by atoms with Gasteiger partial charge in [0.05, 0.1) is 0 Å². The third kappa shape index (κ3) is 5.39. The molecule has 1 rings (SSSR count). The molecule has 0 aliphatic rings. The van der Waals surface area contributed by atoms with Crippen LogP contribution in [0.5, 0.6) is 0 Å². The molecule has 0 aliphatic heterocycles. The average Bonchev–Trinajstić information content (AvgIpc) is 2.29. The van der Waals surface area contributed by atoms with E-state index in [-0.39, 0.29) is 5.91 Å². The molecule has 1 aromatic carbocycles. The number of carbonyl (C=O) groups is 1. The van der Waals surface area contributed by atoms with Gasteiger partial charge in [0, 0.05) is 36.1 Å². The van der Waals surface area contributed by atoms with Crippen molar-refractivity contribution in [3.05, 3.63) is 33.8 Å². The van der Waals surface area contributed by atoms with Gasteiger partial charge in [0.1, 0.15) is 0 Å². The Balaban J connectivity index is 2.31. The molecule has 0 fully saturated rings. The molecule has 1 amide bonds. The molecule has 0 atom stereocenters. The van der Waals surface area contributed by atoms with Crippen molar-refractivity contribution in [1.82, 2.24) is 10.6 Å². The van der Waals surface area contributed by atoms with Crippen LogP contribution in [-0.2, 0) is 11.3 Å². The number of hydrogen-bond donors (Lipinski definition) is 2. The van der Waals surface area contributed by atoms with E-state index < -0.39 is 0 Å². The van der Waals surface area contributed by atoms with Crippen molar-refractivity contribution < 1.29 is 4.79 Å². The Labute approximate surface area is 111 Å². The fourth-order valence-corrected chi connectivity index (χ4v) is 1.77. The van der Waals surface area contributed by atoms with Crippen LogP contribution in [0.3, 0.4) is 0 Å². The Morgan fingerprint density at radius 3 is 2.82 bits per heavy atom. The van der Waals surface area contributed by atoms with E-state index in [4.69, 9.17) is 23.2 Å². The highest BCUT2D eigenvalue weighted by atomic mass is 35.5. The van der Waals surface area contributed by atoms with Crippen molar-refractivity contribution in [2.75, 3.05) is 13.1 Å². The summed E-state index contributed by atoms with van der Waals surface area (Å²) in [6, 6.07) is 5.34. The first-order valence-corrected chi connectivity index (χ1v) is 6.30. The fourth-order valence-electron chi connectivity index (χ4n) is 1.39. The van der Waals surface area contributed by atoms with Gasteiger partial charge in [-0.2, -0.15) is 0 Å². The van der Waals surface area contributed by atoms with E-state index >= 15 is 0 Å². The van der Waals surface area contributed by atoms with Crippen LogP contribution in [0.2, 0.25) is 10.0 Å². The van der Waals surface area contributed by atoms with E-state index in [0.717, 1.165) is 5.56 Å². The summed E-state index contributed by atoms with van der Waals surface area (Å²) in [5, 5.41) is 7.24. The third-order valence-corrected chi connectivity index (χ3v) is 2.83. The summed E-state index contributed by atoms with van der Waals surface area (Å²) in [6.07, 6.45) is 0.464. The number of benzene rings is 1. The molecule has 0 saturated carbocycles. The average molecular weight is 275 g/mol. The smallest absolute Gasteiger partial charge is 0.221 e. The van der Waals surface area contributed by atoms with Crippen LogP contribution < -0.4 is 10.6 Å². The lowest BCUT2D eigenvalue weighted by Crippen LogP contribution is -2.27. The first-order chi connectivity index (χ1) is 8.13. The SMILES string of the molecule is CCNC(=O)CCNCc1cc(Cl)ccc1Cl. The number of carbonyl (C=O) groups excluding carboxylic acids is 1. The summed E-state index contributed by atoms with van der Waals surface area (Å²) in [6.45, 7) is 3.80. The summed E-state index contributed by atoms with van der Waals surface area (Å²) in [5.74, 6) is 0.0530. The second-order valence-electron chi connectivity index (χ2n) is 3.62. The molecule has 0 spiro atoms. The van der Waals surface area contributed by atoms with Crippen LogP contribution in [-0.4, -0.2) is 19.0 Å². The predicted molar refractivity (Wildman–Crippen MR) is 71.5 cm³/mol. The van der Waals surface area contributed by atoms with Gasteiger partial charge in [-0.1, -0.05) is 23.2 Å². The zero-order valence-electron chi connectivity index (χ0n) is 9.72. The van der Waals surface area contributed by atoms with E-state index in [2.05, 4.69) is 10.6 Å². The van der Waals surface area contributed by atoms with Crippen LogP contribution in [0, 0.1) is 0 Å². The monoisotopic (exact) mass is 274 g/mol. The lowest BCUT2D eigenvalue weighted by molar-refractivity contribution is -0.120. The maximum atomic E-state index is 11.2. The Morgan fingerprint density at radius 2 is 2.12 bits per heavy atom. The fraction of sp³-hybridized carbons (Fsp3) is 0.417. The van der Waals surface area contributed by atoms with Gasteiger partial charge in [0.15, 0.2) is 0 Å². The van der Waals surface area contributed by atoms with Crippen LogP contribution in [0.1, 0.15) is 18.9 Å². The van der Waals surface area contributed by atoms with Gasteiger partial charge >= 0.3 is 0 Å². The summed E-state index contributed by atoms with van der Waals surface area (Å²) in [7, 11) is 0. The molecular weight excluding hydrogens is 259 g/mol. The highest BCUT2D eigenvalue weighted by Crippen LogP contribution is 2.20.